The lowest BCUT2D eigenvalue weighted by molar-refractivity contribution is -0.137. The van der Waals surface area contributed by atoms with Crippen molar-refractivity contribution in [2.75, 3.05) is 13.1 Å². The first-order valence-corrected chi connectivity index (χ1v) is 10.5. The van der Waals surface area contributed by atoms with Crippen LogP contribution in [0, 0.1) is 0 Å². The van der Waals surface area contributed by atoms with Crippen molar-refractivity contribution < 1.29 is 4.79 Å². The molecule has 0 spiro atoms. The maximum absolute atomic E-state index is 12.7. The smallest absolute Gasteiger partial charge is 0.254 e. The van der Waals surface area contributed by atoms with Gasteiger partial charge in [0.2, 0.25) is 5.91 Å². The van der Waals surface area contributed by atoms with Gasteiger partial charge < -0.3 is 9.47 Å². The van der Waals surface area contributed by atoms with Crippen molar-refractivity contribution in [2.45, 2.75) is 50.1 Å². The van der Waals surface area contributed by atoms with Gasteiger partial charge in [0, 0.05) is 31.0 Å². The molecular weight excluding hydrogens is 366 g/mol. The molecule has 1 saturated heterocycles. The van der Waals surface area contributed by atoms with Crippen molar-refractivity contribution >= 4 is 16.9 Å². The number of hydrogen-bond donors (Lipinski definition) is 0. The Labute approximate surface area is 168 Å². The zero-order valence-corrected chi connectivity index (χ0v) is 16.2. The third kappa shape index (κ3) is 2.96. The minimum absolute atomic E-state index is 0.0262. The normalized spacial score (nSPS) is 19.5. The monoisotopic (exact) mass is 389 g/mol. The Bertz CT molecular complexity index is 1170. The molecule has 6 rings (SSSR count). The number of aromatic nitrogens is 4. The highest BCUT2D eigenvalue weighted by molar-refractivity contribution is 5.78. The molecule has 29 heavy (non-hydrogen) atoms. The van der Waals surface area contributed by atoms with Gasteiger partial charge in [-0.15, -0.1) is 0 Å². The van der Waals surface area contributed by atoms with Gasteiger partial charge in [-0.1, -0.05) is 12.1 Å². The lowest BCUT2D eigenvalue weighted by Crippen LogP contribution is -2.52. The van der Waals surface area contributed by atoms with Crippen molar-refractivity contribution in [3.8, 4) is 0 Å². The second-order valence-corrected chi connectivity index (χ2v) is 8.61. The fraction of sp³-hybridized carbons (Fsp3) is 0.455. The Hall–Kier alpha value is -2.96. The zero-order chi connectivity index (χ0) is 19.5. The van der Waals surface area contributed by atoms with Gasteiger partial charge in [0.05, 0.1) is 29.1 Å². The molecule has 1 aromatic carbocycles. The molecule has 1 amide bonds. The maximum atomic E-state index is 12.7. The van der Waals surface area contributed by atoms with Crippen molar-refractivity contribution in [1.82, 2.24) is 24.0 Å². The third-order valence-corrected chi connectivity index (χ3v) is 6.35. The first kappa shape index (κ1) is 16.9. The van der Waals surface area contributed by atoms with Crippen LogP contribution >= 0.6 is 0 Å². The Morgan fingerprint density at radius 2 is 1.83 bits per heavy atom. The SMILES string of the molecule is O=C(Cn1cnc(C2CC2)cc1=O)N1CC(n2c(C3CC3)nc3ccccc32)C1. The highest BCUT2D eigenvalue weighted by Gasteiger charge is 2.38. The number of rotatable bonds is 5. The molecule has 1 aliphatic heterocycles. The number of nitrogens with zero attached hydrogens (tertiary/aromatic N) is 5. The van der Waals surface area contributed by atoms with E-state index < -0.39 is 0 Å². The van der Waals surface area contributed by atoms with Crippen LogP contribution in [0.5, 0.6) is 0 Å². The fourth-order valence-electron chi connectivity index (χ4n) is 4.31. The van der Waals surface area contributed by atoms with Crippen LogP contribution in [0.1, 0.15) is 55.1 Å². The fourth-order valence-corrected chi connectivity index (χ4v) is 4.31. The summed E-state index contributed by atoms with van der Waals surface area (Å²) in [5.41, 5.74) is 2.92. The average molecular weight is 389 g/mol. The Balaban J connectivity index is 1.17. The first-order chi connectivity index (χ1) is 14.2. The Kier molecular flexibility index (Phi) is 3.66. The summed E-state index contributed by atoms with van der Waals surface area (Å²) in [6.45, 7) is 1.39. The first-order valence-electron chi connectivity index (χ1n) is 10.5. The van der Waals surface area contributed by atoms with Crippen LogP contribution in [-0.4, -0.2) is 43.0 Å². The number of para-hydroxylation sites is 2. The second kappa shape index (κ2) is 6.27. The van der Waals surface area contributed by atoms with Crippen LogP contribution in [0.15, 0.2) is 41.5 Å². The molecule has 0 unspecified atom stereocenters. The van der Waals surface area contributed by atoms with Gasteiger partial charge in [-0.25, -0.2) is 9.97 Å². The summed E-state index contributed by atoms with van der Waals surface area (Å²) < 4.78 is 3.76. The molecule has 2 aromatic heterocycles. The highest BCUT2D eigenvalue weighted by atomic mass is 16.2. The van der Waals surface area contributed by atoms with E-state index >= 15 is 0 Å². The average Bonchev–Trinajstić information content (AvgIpc) is 3.59. The number of carbonyl (C=O) groups excluding carboxylic acids is 1. The van der Waals surface area contributed by atoms with Crippen LogP contribution < -0.4 is 5.56 Å². The van der Waals surface area contributed by atoms with E-state index in [-0.39, 0.29) is 24.1 Å². The number of fused-ring (bicyclic) bond motifs is 1. The summed E-state index contributed by atoms with van der Waals surface area (Å²) in [4.78, 5) is 36.1. The Morgan fingerprint density at radius 3 is 2.55 bits per heavy atom. The van der Waals surface area contributed by atoms with E-state index in [1.807, 2.05) is 17.0 Å². The largest absolute Gasteiger partial charge is 0.337 e. The van der Waals surface area contributed by atoms with E-state index in [2.05, 4.69) is 21.7 Å². The van der Waals surface area contributed by atoms with Crippen molar-refractivity contribution in [2.24, 2.45) is 0 Å². The van der Waals surface area contributed by atoms with Crippen LogP contribution in [0.3, 0.4) is 0 Å². The predicted molar refractivity (Wildman–Crippen MR) is 108 cm³/mol. The zero-order valence-electron chi connectivity index (χ0n) is 16.2. The topological polar surface area (TPSA) is 73.0 Å². The summed E-state index contributed by atoms with van der Waals surface area (Å²) in [7, 11) is 0. The summed E-state index contributed by atoms with van der Waals surface area (Å²) in [6, 6.07) is 10.1. The molecule has 148 valence electrons. The quantitative estimate of drug-likeness (QED) is 0.672. The number of carbonyl (C=O) groups is 1. The molecule has 3 fully saturated rings. The summed E-state index contributed by atoms with van der Waals surface area (Å²) in [5, 5.41) is 0. The van der Waals surface area contributed by atoms with Crippen LogP contribution in [-0.2, 0) is 11.3 Å². The van der Waals surface area contributed by atoms with Crippen LogP contribution in [0.25, 0.3) is 11.0 Å². The molecule has 3 aromatic rings. The molecule has 3 aliphatic rings. The summed E-state index contributed by atoms with van der Waals surface area (Å²) >= 11 is 0. The van der Waals surface area contributed by atoms with E-state index in [4.69, 9.17) is 4.98 Å². The molecule has 2 aliphatic carbocycles. The van der Waals surface area contributed by atoms with Gasteiger partial charge in [-0.3, -0.25) is 14.2 Å². The summed E-state index contributed by atoms with van der Waals surface area (Å²) in [5.74, 6) is 2.14. The number of benzene rings is 1. The van der Waals surface area contributed by atoms with E-state index in [0.717, 1.165) is 29.6 Å². The number of amides is 1. The molecule has 0 atom stereocenters. The molecular formula is C22H23N5O2. The van der Waals surface area contributed by atoms with E-state index in [9.17, 15) is 9.59 Å². The van der Waals surface area contributed by atoms with Gasteiger partial charge in [-0.2, -0.15) is 0 Å². The number of hydrogen-bond acceptors (Lipinski definition) is 4. The predicted octanol–water partition coefficient (Wildman–Crippen LogP) is 2.43. The summed E-state index contributed by atoms with van der Waals surface area (Å²) in [6.07, 6.45) is 6.14. The van der Waals surface area contributed by atoms with Crippen molar-refractivity contribution in [1.29, 1.82) is 0 Å². The molecule has 3 heterocycles. The van der Waals surface area contributed by atoms with Gasteiger partial charge >= 0.3 is 0 Å². The highest BCUT2D eigenvalue weighted by Crippen LogP contribution is 2.43. The molecule has 0 radical (unpaired) electrons. The van der Waals surface area contributed by atoms with E-state index in [1.54, 1.807) is 6.07 Å². The van der Waals surface area contributed by atoms with Crippen LogP contribution in [0.2, 0.25) is 0 Å². The van der Waals surface area contributed by atoms with Crippen molar-refractivity contribution in [3.63, 3.8) is 0 Å². The van der Waals surface area contributed by atoms with E-state index in [1.165, 1.54) is 29.6 Å². The lowest BCUT2D eigenvalue weighted by Gasteiger charge is -2.41. The standard InChI is InChI=1S/C22H23N5O2/c28-20-9-18(14-5-6-14)23-13-26(20)12-21(29)25-10-16(11-25)27-19-4-2-1-3-17(19)24-22(27)15-7-8-15/h1-4,9,13-16H,5-8,10-12H2. The minimum Gasteiger partial charge on any atom is -0.337 e. The molecule has 7 heteroatoms. The molecule has 2 saturated carbocycles. The molecule has 7 nitrogen and oxygen atoms in total. The third-order valence-electron chi connectivity index (χ3n) is 6.35. The van der Waals surface area contributed by atoms with Gasteiger partial charge in [-0.05, 0) is 37.8 Å². The van der Waals surface area contributed by atoms with Gasteiger partial charge in [0.25, 0.3) is 5.56 Å². The van der Waals surface area contributed by atoms with Gasteiger partial charge in [0.15, 0.2) is 0 Å². The maximum Gasteiger partial charge on any atom is 0.254 e. The minimum atomic E-state index is -0.135. The van der Waals surface area contributed by atoms with E-state index in [0.29, 0.717) is 24.9 Å². The Morgan fingerprint density at radius 1 is 1.07 bits per heavy atom. The van der Waals surface area contributed by atoms with Gasteiger partial charge in [0.1, 0.15) is 12.4 Å². The number of likely N-dealkylation sites (tertiary alicyclic amines) is 1. The molecule has 0 bridgehead atoms. The number of imidazole rings is 1. The van der Waals surface area contributed by atoms with Crippen LogP contribution in [0.4, 0.5) is 0 Å². The molecule has 0 N–H and O–H groups in total. The van der Waals surface area contributed by atoms with Crippen molar-refractivity contribution in [3.05, 3.63) is 58.5 Å². The lowest BCUT2D eigenvalue weighted by atomic mass is 10.1. The second-order valence-electron chi connectivity index (χ2n) is 8.61.